The molecule has 0 N–H and O–H groups in total. The standard InChI is InChI=1S/C21H26N4O3/c1-3-25(17-6-4-5-16(2)13-17)19-15-22-18(14-23-19)20(26)24-9-7-21(8-10-24)27-11-12-28-21/h4-6,13-15H,3,7-12H2,1-2H3. The number of hydrogen-bond acceptors (Lipinski definition) is 6. The first-order valence-corrected chi connectivity index (χ1v) is 9.84. The molecule has 2 aliphatic heterocycles. The number of aromatic nitrogens is 2. The van der Waals surface area contributed by atoms with Crippen LogP contribution in [0.1, 0.15) is 35.8 Å². The number of carbonyl (C=O) groups is 1. The number of likely N-dealkylation sites (tertiary alicyclic amines) is 1. The summed E-state index contributed by atoms with van der Waals surface area (Å²) in [5.41, 5.74) is 2.62. The van der Waals surface area contributed by atoms with Gasteiger partial charge in [0.25, 0.3) is 5.91 Å². The quantitative estimate of drug-likeness (QED) is 0.810. The Labute approximate surface area is 165 Å². The van der Waals surface area contributed by atoms with Gasteiger partial charge in [-0.15, -0.1) is 0 Å². The molecule has 3 heterocycles. The van der Waals surface area contributed by atoms with Gasteiger partial charge in [0.1, 0.15) is 5.69 Å². The molecule has 7 nitrogen and oxygen atoms in total. The van der Waals surface area contributed by atoms with Gasteiger partial charge in [0.05, 0.1) is 25.6 Å². The summed E-state index contributed by atoms with van der Waals surface area (Å²) in [6.45, 7) is 7.37. The van der Waals surface area contributed by atoms with Crippen molar-refractivity contribution < 1.29 is 14.3 Å². The molecule has 0 saturated carbocycles. The molecular formula is C21H26N4O3. The van der Waals surface area contributed by atoms with E-state index >= 15 is 0 Å². The second-order valence-electron chi connectivity index (χ2n) is 7.24. The van der Waals surface area contributed by atoms with E-state index < -0.39 is 5.79 Å². The molecule has 28 heavy (non-hydrogen) atoms. The Bertz CT molecular complexity index is 824. The maximum absolute atomic E-state index is 12.8. The highest BCUT2D eigenvalue weighted by molar-refractivity contribution is 5.92. The summed E-state index contributed by atoms with van der Waals surface area (Å²) >= 11 is 0. The van der Waals surface area contributed by atoms with E-state index in [9.17, 15) is 4.79 Å². The van der Waals surface area contributed by atoms with Crippen LogP contribution in [0.3, 0.4) is 0 Å². The summed E-state index contributed by atoms with van der Waals surface area (Å²) < 4.78 is 11.5. The third-order valence-electron chi connectivity index (χ3n) is 5.39. The molecule has 0 unspecified atom stereocenters. The summed E-state index contributed by atoms with van der Waals surface area (Å²) in [4.78, 5) is 25.6. The van der Waals surface area contributed by atoms with E-state index in [4.69, 9.17) is 9.47 Å². The zero-order chi connectivity index (χ0) is 19.6. The number of ether oxygens (including phenoxy) is 2. The van der Waals surface area contributed by atoms with Crippen LogP contribution in [0.5, 0.6) is 0 Å². The van der Waals surface area contributed by atoms with Crippen molar-refractivity contribution in [1.29, 1.82) is 0 Å². The van der Waals surface area contributed by atoms with Crippen molar-refractivity contribution in [2.24, 2.45) is 0 Å². The van der Waals surface area contributed by atoms with E-state index in [0.717, 1.165) is 18.1 Å². The van der Waals surface area contributed by atoms with E-state index in [1.165, 1.54) is 5.56 Å². The number of carbonyl (C=O) groups excluding carboxylic acids is 1. The van der Waals surface area contributed by atoms with Crippen LogP contribution < -0.4 is 4.90 Å². The van der Waals surface area contributed by atoms with Gasteiger partial charge in [-0.3, -0.25) is 4.79 Å². The van der Waals surface area contributed by atoms with Crippen LogP contribution in [-0.2, 0) is 9.47 Å². The average molecular weight is 382 g/mol. The topological polar surface area (TPSA) is 67.8 Å². The minimum atomic E-state index is -0.484. The summed E-state index contributed by atoms with van der Waals surface area (Å²) in [6.07, 6.45) is 4.64. The normalized spacial score (nSPS) is 18.4. The lowest BCUT2D eigenvalue weighted by Crippen LogP contribution is -2.47. The highest BCUT2D eigenvalue weighted by Crippen LogP contribution is 2.31. The smallest absolute Gasteiger partial charge is 0.274 e. The van der Waals surface area contributed by atoms with Crippen LogP contribution in [-0.4, -0.2) is 59.4 Å². The molecule has 2 aromatic rings. The largest absolute Gasteiger partial charge is 0.347 e. The zero-order valence-corrected chi connectivity index (χ0v) is 16.4. The lowest BCUT2D eigenvalue weighted by molar-refractivity contribution is -0.181. The van der Waals surface area contributed by atoms with Crippen molar-refractivity contribution in [3.05, 3.63) is 47.9 Å². The molecule has 0 bridgehead atoms. The number of piperidine rings is 1. The fourth-order valence-electron chi connectivity index (χ4n) is 3.84. The van der Waals surface area contributed by atoms with Gasteiger partial charge in [-0.1, -0.05) is 12.1 Å². The molecular weight excluding hydrogens is 356 g/mol. The number of rotatable bonds is 4. The monoisotopic (exact) mass is 382 g/mol. The molecule has 0 aliphatic carbocycles. The molecule has 1 spiro atoms. The number of nitrogens with zero attached hydrogens (tertiary/aromatic N) is 4. The lowest BCUT2D eigenvalue weighted by atomic mass is 10.0. The zero-order valence-electron chi connectivity index (χ0n) is 16.4. The number of hydrogen-bond donors (Lipinski definition) is 0. The predicted molar refractivity (Wildman–Crippen MR) is 106 cm³/mol. The minimum absolute atomic E-state index is 0.0921. The molecule has 1 aromatic heterocycles. The number of anilines is 2. The third kappa shape index (κ3) is 3.72. The fraction of sp³-hybridized carbons (Fsp3) is 0.476. The van der Waals surface area contributed by atoms with Crippen LogP contribution >= 0.6 is 0 Å². The van der Waals surface area contributed by atoms with E-state index in [2.05, 4.69) is 40.8 Å². The van der Waals surface area contributed by atoms with Crippen LogP contribution in [0, 0.1) is 6.92 Å². The van der Waals surface area contributed by atoms with Gasteiger partial charge in [-0.2, -0.15) is 0 Å². The third-order valence-corrected chi connectivity index (χ3v) is 5.39. The van der Waals surface area contributed by atoms with Crippen molar-refractivity contribution in [2.75, 3.05) is 37.7 Å². The molecule has 2 saturated heterocycles. The van der Waals surface area contributed by atoms with Crippen molar-refractivity contribution in [1.82, 2.24) is 14.9 Å². The first-order valence-electron chi connectivity index (χ1n) is 9.84. The minimum Gasteiger partial charge on any atom is -0.347 e. The summed E-state index contributed by atoms with van der Waals surface area (Å²) in [5.74, 6) is 0.155. The van der Waals surface area contributed by atoms with Crippen LogP contribution in [0.4, 0.5) is 11.5 Å². The van der Waals surface area contributed by atoms with Crippen molar-refractivity contribution in [2.45, 2.75) is 32.5 Å². The van der Waals surface area contributed by atoms with Gasteiger partial charge in [0, 0.05) is 38.2 Å². The van der Waals surface area contributed by atoms with Gasteiger partial charge in [-0.05, 0) is 31.5 Å². The molecule has 7 heteroatoms. The van der Waals surface area contributed by atoms with Gasteiger partial charge in [-0.25, -0.2) is 9.97 Å². The summed E-state index contributed by atoms with van der Waals surface area (Å²) in [7, 11) is 0. The molecule has 148 valence electrons. The molecule has 1 aromatic carbocycles. The Morgan fingerprint density at radius 3 is 2.54 bits per heavy atom. The number of amides is 1. The molecule has 4 rings (SSSR count). The highest BCUT2D eigenvalue weighted by atomic mass is 16.7. The van der Waals surface area contributed by atoms with Crippen LogP contribution in [0.15, 0.2) is 36.7 Å². The van der Waals surface area contributed by atoms with Crippen molar-refractivity contribution in [3.63, 3.8) is 0 Å². The molecule has 2 aliphatic rings. The molecule has 2 fully saturated rings. The van der Waals surface area contributed by atoms with E-state index in [0.29, 0.717) is 44.8 Å². The number of aryl methyl sites for hydroxylation is 1. The summed E-state index contributed by atoms with van der Waals surface area (Å²) in [6, 6.07) is 8.25. The second-order valence-corrected chi connectivity index (χ2v) is 7.24. The van der Waals surface area contributed by atoms with Crippen LogP contribution in [0.2, 0.25) is 0 Å². The molecule has 1 amide bonds. The average Bonchev–Trinajstić information content (AvgIpc) is 3.17. The summed E-state index contributed by atoms with van der Waals surface area (Å²) in [5, 5.41) is 0. The Kier molecular flexibility index (Phi) is 5.28. The van der Waals surface area contributed by atoms with Gasteiger partial charge in [0.2, 0.25) is 0 Å². The van der Waals surface area contributed by atoms with E-state index in [-0.39, 0.29) is 5.91 Å². The molecule has 0 atom stereocenters. The van der Waals surface area contributed by atoms with Crippen molar-refractivity contribution in [3.8, 4) is 0 Å². The Morgan fingerprint density at radius 2 is 1.93 bits per heavy atom. The van der Waals surface area contributed by atoms with E-state index in [1.54, 1.807) is 17.3 Å². The second kappa shape index (κ2) is 7.85. The van der Waals surface area contributed by atoms with Crippen LogP contribution in [0.25, 0.3) is 0 Å². The first-order chi connectivity index (χ1) is 13.6. The van der Waals surface area contributed by atoms with Gasteiger partial charge >= 0.3 is 0 Å². The lowest BCUT2D eigenvalue weighted by Gasteiger charge is -2.37. The Morgan fingerprint density at radius 1 is 1.18 bits per heavy atom. The maximum Gasteiger partial charge on any atom is 0.274 e. The first kappa shape index (κ1) is 18.8. The SMILES string of the molecule is CCN(c1cccc(C)c1)c1cnc(C(=O)N2CCC3(CC2)OCCO3)cn1. The van der Waals surface area contributed by atoms with E-state index in [1.807, 2.05) is 12.1 Å². The maximum atomic E-state index is 12.8. The van der Waals surface area contributed by atoms with Gasteiger partial charge in [0.15, 0.2) is 11.6 Å². The Balaban J connectivity index is 1.44. The van der Waals surface area contributed by atoms with Crippen molar-refractivity contribution >= 4 is 17.4 Å². The highest BCUT2D eigenvalue weighted by Gasteiger charge is 2.41. The molecule has 0 radical (unpaired) electrons. The van der Waals surface area contributed by atoms with Gasteiger partial charge < -0.3 is 19.3 Å². The Hall–Kier alpha value is -2.51. The number of benzene rings is 1. The fourth-order valence-corrected chi connectivity index (χ4v) is 3.84. The predicted octanol–water partition coefficient (Wildman–Crippen LogP) is 2.92.